The van der Waals surface area contributed by atoms with Crippen LogP contribution in [0.25, 0.3) is 32.6 Å². The van der Waals surface area contributed by atoms with Crippen LogP contribution < -0.4 is 15.8 Å². The summed E-state index contributed by atoms with van der Waals surface area (Å²) in [4.78, 5) is 19.3. The zero-order valence-corrected chi connectivity index (χ0v) is 21.6. The zero-order chi connectivity index (χ0) is 25.4. The first-order valence-corrected chi connectivity index (χ1v) is 12.6. The van der Waals surface area contributed by atoms with Gasteiger partial charge in [0, 0.05) is 21.7 Å². The van der Waals surface area contributed by atoms with Crippen molar-refractivity contribution >= 4 is 50.4 Å². The maximum absolute atomic E-state index is 13.3. The van der Waals surface area contributed by atoms with E-state index in [1.807, 2.05) is 50.2 Å². The van der Waals surface area contributed by atoms with E-state index < -0.39 is 0 Å². The molecule has 0 saturated carbocycles. The molecule has 2 aromatic heterocycles. The van der Waals surface area contributed by atoms with Gasteiger partial charge < -0.3 is 15.8 Å². The van der Waals surface area contributed by atoms with Crippen LogP contribution in [-0.2, 0) is 0 Å². The summed E-state index contributed by atoms with van der Waals surface area (Å²) in [6, 6.07) is 23.4. The smallest absolute Gasteiger partial charge is 0.267 e. The van der Waals surface area contributed by atoms with E-state index in [0.29, 0.717) is 26.1 Å². The minimum atomic E-state index is -0.290. The maximum atomic E-state index is 13.3. The number of nitrogens with zero attached hydrogens (tertiary/aromatic N) is 1. The Hall–Kier alpha value is -3.87. The van der Waals surface area contributed by atoms with Crippen LogP contribution in [0, 0.1) is 13.8 Å². The quantitative estimate of drug-likeness (QED) is 0.252. The molecule has 36 heavy (non-hydrogen) atoms. The molecule has 1 amide bonds. The molecule has 0 saturated heterocycles. The van der Waals surface area contributed by atoms with Crippen LogP contribution in [0.3, 0.4) is 0 Å². The third kappa shape index (κ3) is 4.41. The number of aryl methyl sites for hydroxylation is 1. The monoisotopic (exact) mass is 513 g/mol. The van der Waals surface area contributed by atoms with Crippen molar-refractivity contribution < 1.29 is 9.53 Å². The third-order valence-electron chi connectivity index (χ3n) is 6.17. The molecule has 0 fully saturated rings. The summed E-state index contributed by atoms with van der Waals surface area (Å²) in [6.45, 7) is 3.92. The van der Waals surface area contributed by atoms with Crippen LogP contribution in [0.1, 0.15) is 20.8 Å². The molecule has 0 aliphatic rings. The van der Waals surface area contributed by atoms with Crippen LogP contribution in [0.5, 0.6) is 5.75 Å². The fourth-order valence-corrected chi connectivity index (χ4v) is 5.27. The number of fused-ring (bicyclic) bond motifs is 1. The first-order chi connectivity index (χ1) is 17.4. The summed E-state index contributed by atoms with van der Waals surface area (Å²) in [5.74, 6) is 0.482. The Balaban J connectivity index is 1.66. The highest BCUT2D eigenvalue weighted by atomic mass is 35.5. The van der Waals surface area contributed by atoms with Gasteiger partial charge in [0.05, 0.1) is 18.5 Å². The van der Waals surface area contributed by atoms with E-state index in [4.69, 9.17) is 27.1 Å². The van der Waals surface area contributed by atoms with E-state index in [2.05, 4.69) is 29.6 Å². The predicted octanol–water partition coefficient (Wildman–Crippen LogP) is 7.74. The van der Waals surface area contributed by atoms with E-state index in [1.165, 1.54) is 11.3 Å². The number of nitrogens with two attached hydrogens (primary N) is 1. The van der Waals surface area contributed by atoms with Gasteiger partial charge in [-0.05, 0) is 73.0 Å². The average Bonchev–Trinajstić information content (AvgIpc) is 3.23. The highest BCUT2D eigenvalue weighted by Crippen LogP contribution is 2.42. The van der Waals surface area contributed by atoms with Crippen LogP contribution in [0.2, 0.25) is 5.02 Å². The van der Waals surface area contributed by atoms with Crippen LogP contribution in [0.15, 0.2) is 72.8 Å². The van der Waals surface area contributed by atoms with Crippen LogP contribution in [0.4, 0.5) is 11.4 Å². The van der Waals surface area contributed by atoms with E-state index in [-0.39, 0.29) is 5.91 Å². The van der Waals surface area contributed by atoms with Gasteiger partial charge in [0.1, 0.15) is 15.5 Å². The van der Waals surface area contributed by atoms with Crippen molar-refractivity contribution in [2.75, 3.05) is 18.2 Å². The van der Waals surface area contributed by atoms with Crippen molar-refractivity contribution in [3.8, 4) is 28.1 Å². The molecule has 0 unspecified atom stereocenters. The molecule has 180 valence electrons. The topological polar surface area (TPSA) is 77.2 Å². The Morgan fingerprint density at radius 2 is 1.69 bits per heavy atom. The number of nitrogen functional groups attached to an aromatic ring is 1. The lowest BCUT2D eigenvalue weighted by Gasteiger charge is -2.10. The predicted molar refractivity (Wildman–Crippen MR) is 150 cm³/mol. The Morgan fingerprint density at radius 1 is 1.00 bits per heavy atom. The lowest BCUT2D eigenvalue weighted by atomic mass is 9.98. The lowest BCUT2D eigenvalue weighted by Crippen LogP contribution is -2.12. The summed E-state index contributed by atoms with van der Waals surface area (Å²) < 4.78 is 5.30. The fourth-order valence-electron chi connectivity index (χ4n) is 4.08. The second-order valence-electron chi connectivity index (χ2n) is 8.54. The fraction of sp³-hybridized carbons (Fsp3) is 0.103. The number of carbonyl (C=O) groups is 1. The van der Waals surface area contributed by atoms with Crippen molar-refractivity contribution in [3.63, 3.8) is 0 Å². The second kappa shape index (κ2) is 9.64. The molecular formula is C29H24ClN3O2S. The molecule has 0 spiro atoms. The molecule has 5 rings (SSSR count). The molecule has 5 nitrogen and oxygen atoms in total. The largest absolute Gasteiger partial charge is 0.497 e. The number of thiophene rings is 1. The summed E-state index contributed by atoms with van der Waals surface area (Å²) in [6.07, 6.45) is 0. The van der Waals surface area contributed by atoms with Gasteiger partial charge in [-0.15, -0.1) is 11.3 Å². The number of benzene rings is 3. The van der Waals surface area contributed by atoms with E-state index >= 15 is 0 Å². The molecule has 0 bridgehead atoms. The van der Waals surface area contributed by atoms with Gasteiger partial charge in [-0.2, -0.15) is 0 Å². The molecule has 7 heteroatoms. The summed E-state index contributed by atoms with van der Waals surface area (Å²) in [7, 11) is 1.64. The van der Waals surface area contributed by atoms with Gasteiger partial charge in [-0.25, -0.2) is 4.98 Å². The number of anilines is 2. The zero-order valence-electron chi connectivity index (χ0n) is 20.1. The number of nitrogens with one attached hydrogen (secondary N) is 1. The summed E-state index contributed by atoms with van der Waals surface area (Å²) in [5.41, 5.74) is 13.3. The molecular weight excluding hydrogens is 490 g/mol. The van der Waals surface area contributed by atoms with Crippen LogP contribution >= 0.6 is 22.9 Å². The highest BCUT2D eigenvalue weighted by molar-refractivity contribution is 7.21. The van der Waals surface area contributed by atoms with Crippen molar-refractivity contribution in [2.24, 2.45) is 0 Å². The molecule has 0 aliphatic heterocycles. The molecule has 5 aromatic rings. The van der Waals surface area contributed by atoms with Crippen molar-refractivity contribution in [2.45, 2.75) is 13.8 Å². The number of methoxy groups -OCH3 is 1. The second-order valence-corrected chi connectivity index (χ2v) is 9.95. The Kier molecular flexibility index (Phi) is 6.39. The molecule has 0 atom stereocenters. The van der Waals surface area contributed by atoms with E-state index in [0.717, 1.165) is 44.6 Å². The van der Waals surface area contributed by atoms with Crippen molar-refractivity contribution in [3.05, 3.63) is 93.8 Å². The SMILES string of the molecule is COc1ccc(-c2cc(-c3ccc(C)cc3)c3c(N)c(C(=O)Nc4cccc(Cl)c4C)sc3n2)cc1. The van der Waals surface area contributed by atoms with Gasteiger partial charge in [-0.3, -0.25) is 4.79 Å². The van der Waals surface area contributed by atoms with E-state index in [1.54, 1.807) is 19.2 Å². The summed E-state index contributed by atoms with van der Waals surface area (Å²) in [5, 5.41) is 4.32. The third-order valence-corrected chi connectivity index (χ3v) is 7.68. The number of pyridine rings is 1. The molecule has 0 aliphatic carbocycles. The number of halogens is 1. The minimum absolute atomic E-state index is 0.290. The molecule has 3 N–H and O–H groups in total. The van der Waals surface area contributed by atoms with Gasteiger partial charge in [0.25, 0.3) is 5.91 Å². The Morgan fingerprint density at radius 3 is 2.39 bits per heavy atom. The van der Waals surface area contributed by atoms with Crippen LogP contribution in [-0.4, -0.2) is 18.0 Å². The average molecular weight is 514 g/mol. The number of hydrogen-bond acceptors (Lipinski definition) is 5. The van der Waals surface area contributed by atoms with Gasteiger partial charge in [0.2, 0.25) is 0 Å². The number of amides is 1. The Labute approximate surface area is 218 Å². The van der Waals surface area contributed by atoms with Crippen molar-refractivity contribution in [1.82, 2.24) is 4.98 Å². The maximum Gasteiger partial charge on any atom is 0.267 e. The number of aromatic nitrogens is 1. The number of ether oxygens (including phenoxy) is 1. The molecule has 2 heterocycles. The Bertz CT molecular complexity index is 1590. The molecule has 3 aromatic carbocycles. The van der Waals surface area contributed by atoms with Gasteiger partial charge in [0.15, 0.2) is 0 Å². The number of hydrogen-bond donors (Lipinski definition) is 2. The first kappa shape index (κ1) is 23.9. The normalized spacial score (nSPS) is 11.0. The number of carbonyl (C=O) groups excluding carboxylic acids is 1. The lowest BCUT2D eigenvalue weighted by molar-refractivity contribution is 0.103. The summed E-state index contributed by atoms with van der Waals surface area (Å²) >= 11 is 7.53. The van der Waals surface area contributed by atoms with Crippen molar-refractivity contribution in [1.29, 1.82) is 0 Å². The van der Waals surface area contributed by atoms with Gasteiger partial charge in [-0.1, -0.05) is 47.5 Å². The van der Waals surface area contributed by atoms with E-state index in [9.17, 15) is 4.79 Å². The highest BCUT2D eigenvalue weighted by Gasteiger charge is 2.22. The standard InChI is InChI=1S/C29H24ClN3O2S/c1-16-7-9-18(10-8-16)21-15-24(19-11-13-20(35-3)14-12-19)33-29-25(21)26(31)27(36-29)28(34)32-23-6-4-5-22(30)17(23)2/h4-15H,31H2,1-3H3,(H,32,34). The molecule has 0 radical (unpaired) electrons. The van der Waals surface area contributed by atoms with Gasteiger partial charge >= 0.3 is 0 Å². The number of rotatable bonds is 5. The first-order valence-electron chi connectivity index (χ1n) is 11.4. The minimum Gasteiger partial charge on any atom is -0.497 e.